The van der Waals surface area contributed by atoms with Crippen LogP contribution in [0.15, 0.2) is 30.5 Å². The van der Waals surface area contributed by atoms with Crippen LogP contribution in [0, 0.1) is 5.92 Å². The highest BCUT2D eigenvalue weighted by molar-refractivity contribution is 5.93. The van der Waals surface area contributed by atoms with Crippen molar-refractivity contribution in [1.29, 1.82) is 0 Å². The lowest BCUT2D eigenvalue weighted by atomic mass is 10.1. The van der Waals surface area contributed by atoms with Gasteiger partial charge in [-0.1, -0.05) is 25.1 Å². The molecule has 0 aliphatic carbocycles. The molecule has 0 saturated carbocycles. The second-order valence-electron chi connectivity index (χ2n) is 5.23. The number of hydrogen-bond acceptors (Lipinski definition) is 2. The maximum Gasteiger partial charge on any atom is 0.303 e. The van der Waals surface area contributed by atoms with Gasteiger partial charge in [0.1, 0.15) is 0 Å². The van der Waals surface area contributed by atoms with Gasteiger partial charge < -0.3 is 14.6 Å². The van der Waals surface area contributed by atoms with Crippen LogP contribution < -0.4 is 4.90 Å². The van der Waals surface area contributed by atoms with Crippen LogP contribution in [0.3, 0.4) is 0 Å². The molecule has 4 heteroatoms. The first-order valence-corrected chi connectivity index (χ1v) is 6.46. The molecule has 102 valence electrons. The van der Waals surface area contributed by atoms with Crippen molar-refractivity contribution in [2.75, 3.05) is 18.5 Å². The topological polar surface area (TPSA) is 45.5 Å². The van der Waals surface area contributed by atoms with Gasteiger partial charge in [-0.05, 0) is 12.0 Å². The summed E-state index contributed by atoms with van der Waals surface area (Å²) in [4.78, 5) is 12.9. The predicted octanol–water partition coefficient (Wildman–Crippen LogP) is 2.73. The molecule has 1 aromatic heterocycles. The van der Waals surface area contributed by atoms with Crippen LogP contribution in [0.2, 0.25) is 0 Å². The molecule has 2 rings (SSSR count). The van der Waals surface area contributed by atoms with Gasteiger partial charge in [-0.15, -0.1) is 0 Å². The molecule has 1 unspecified atom stereocenters. The van der Waals surface area contributed by atoms with Crippen LogP contribution in [0.1, 0.15) is 13.3 Å². The Kier molecular flexibility index (Phi) is 3.79. The summed E-state index contributed by atoms with van der Waals surface area (Å²) < 4.78 is 2.10. The van der Waals surface area contributed by atoms with Crippen molar-refractivity contribution in [3.8, 4) is 0 Å². The average Bonchev–Trinajstić information content (AvgIpc) is 2.66. The molecule has 19 heavy (non-hydrogen) atoms. The Balaban J connectivity index is 2.22. The van der Waals surface area contributed by atoms with E-state index in [9.17, 15) is 4.79 Å². The highest BCUT2D eigenvalue weighted by Crippen LogP contribution is 2.28. The number of fused-ring (bicyclic) bond motifs is 1. The van der Waals surface area contributed by atoms with Gasteiger partial charge in [-0.25, -0.2) is 0 Å². The van der Waals surface area contributed by atoms with E-state index in [4.69, 9.17) is 5.11 Å². The molecule has 0 bridgehead atoms. The third-order valence-corrected chi connectivity index (χ3v) is 3.40. The minimum absolute atomic E-state index is 0.126. The first-order chi connectivity index (χ1) is 8.99. The van der Waals surface area contributed by atoms with Crippen molar-refractivity contribution in [2.24, 2.45) is 13.0 Å². The third-order valence-electron chi connectivity index (χ3n) is 3.40. The molecule has 0 aliphatic rings. The summed E-state index contributed by atoms with van der Waals surface area (Å²) in [5.74, 6) is -0.611. The Labute approximate surface area is 113 Å². The zero-order valence-electron chi connectivity index (χ0n) is 11.6. The SMILES string of the molecule is CC(CC(=O)O)CN(C)c1cn(C)c2ccccc12. The van der Waals surface area contributed by atoms with E-state index in [-0.39, 0.29) is 12.3 Å². The van der Waals surface area contributed by atoms with Crippen molar-refractivity contribution in [1.82, 2.24) is 4.57 Å². The van der Waals surface area contributed by atoms with Gasteiger partial charge in [0.2, 0.25) is 0 Å². The number of anilines is 1. The first kappa shape index (κ1) is 13.5. The molecule has 0 radical (unpaired) electrons. The largest absolute Gasteiger partial charge is 0.481 e. The number of carboxylic acids is 1. The van der Waals surface area contributed by atoms with E-state index in [1.807, 2.05) is 33.2 Å². The lowest BCUT2D eigenvalue weighted by Crippen LogP contribution is -2.25. The predicted molar refractivity (Wildman–Crippen MR) is 77.6 cm³/mol. The minimum atomic E-state index is -0.737. The molecule has 0 amide bonds. The summed E-state index contributed by atoms with van der Waals surface area (Å²) in [6.07, 6.45) is 2.30. The van der Waals surface area contributed by atoms with Crippen molar-refractivity contribution in [2.45, 2.75) is 13.3 Å². The molecule has 0 saturated heterocycles. The fraction of sp³-hybridized carbons (Fsp3) is 0.400. The Morgan fingerprint density at radius 2 is 2.11 bits per heavy atom. The molecule has 1 atom stereocenters. The lowest BCUT2D eigenvalue weighted by molar-refractivity contribution is -0.137. The highest BCUT2D eigenvalue weighted by atomic mass is 16.4. The second-order valence-corrected chi connectivity index (χ2v) is 5.23. The van der Waals surface area contributed by atoms with Crippen LogP contribution in [0.25, 0.3) is 10.9 Å². The van der Waals surface area contributed by atoms with Crippen molar-refractivity contribution in [3.05, 3.63) is 30.5 Å². The number of benzene rings is 1. The van der Waals surface area contributed by atoms with Gasteiger partial charge in [0.15, 0.2) is 0 Å². The quantitative estimate of drug-likeness (QED) is 0.899. The van der Waals surface area contributed by atoms with E-state index in [0.29, 0.717) is 0 Å². The monoisotopic (exact) mass is 260 g/mol. The summed E-state index contributed by atoms with van der Waals surface area (Å²) >= 11 is 0. The lowest BCUT2D eigenvalue weighted by Gasteiger charge is -2.21. The Hall–Kier alpha value is -1.97. The smallest absolute Gasteiger partial charge is 0.303 e. The van der Waals surface area contributed by atoms with E-state index < -0.39 is 5.97 Å². The van der Waals surface area contributed by atoms with E-state index in [2.05, 4.69) is 27.8 Å². The molecular weight excluding hydrogens is 240 g/mol. The number of aromatic nitrogens is 1. The van der Waals surface area contributed by atoms with Crippen molar-refractivity contribution in [3.63, 3.8) is 0 Å². The number of aryl methyl sites for hydroxylation is 1. The third kappa shape index (κ3) is 2.89. The van der Waals surface area contributed by atoms with E-state index in [1.54, 1.807) is 0 Å². The second kappa shape index (κ2) is 5.34. The Morgan fingerprint density at radius 1 is 1.42 bits per heavy atom. The molecular formula is C15H20N2O2. The molecule has 1 heterocycles. The molecule has 1 aromatic carbocycles. The standard InChI is InChI=1S/C15H20N2O2/c1-11(8-15(18)19)9-16(2)14-10-17(3)13-7-5-4-6-12(13)14/h4-7,10-11H,8-9H2,1-3H3,(H,18,19). The molecule has 0 spiro atoms. The Bertz CT molecular complexity index is 589. The fourth-order valence-electron chi connectivity index (χ4n) is 2.55. The number of para-hydroxylation sites is 1. The van der Waals surface area contributed by atoms with Gasteiger partial charge >= 0.3 is 5.97 Å². The highest BCUT2D eigenvalue weighted by Gasteiger charge is 2.14. The molecule has 0 aliphatic heterocycles. The van der Waals surface area contributed by atoms with Gasteiger partial charge in [0.05, 0.1) is 5.69 Å². The normalized spacial score (nSPS) is 12.6. The van der Waals surface area contributed by atoms with Crippen molar-refractivity contribution >= 4 is 22.6 Å². The Morgan fingerprint density at radius 3 is 2.79 bits per heavy atom. The van der Waals surface area contributed by atoms with E-state index >= 15 is 0 Å². The number of rotatable bonds is 5. The maximum atomic E-state index is 10.7. The molecule has 1 N–H and O–H groups in total. The summed E-state index contributed by atoms with van der Waals surface area (Å²) in [5.41, 5.74) is 2.34. The van der Waals surface area contributed by atoms with Crippen LogP contribution >= 0.6 is 0 Å². The molecule has 2 aromatic rings. The van der Waals surface area contributed by atoms with E-state index in [1.165, 1.54) is 10.9 Å². The summed E-state index contributed by atoms with van der Waals surface area (Å²) in [7, 11) is 4.04. The minimum Gasteiger partial charge on any atom is -0.481 e. The zero-order chi connectivity index (χ0) is 14.0. The van der Waals surface area contributed by atoms with Crippen LogP contribution in [0.4, 0.5) is 5.69 Å². The maximum absolute atomic E-state index is 10.7. The average molecular weight is 260 g/mol. The summed E-state index contributed by atoms with van der Waals surface area (Å²) in [6.45, 7) is 2.70. The fourth-order valence-corrected chi connectivity index (χ4v) is 2.55. The van der Waals surface area contributed by atoms with Gasteiger partial charge in [0, 0.05) is 44.2 Å². The van der Waals surface area contributed by atoms with Gasteiger partial charge in [0.25, 0.3) is 0 Å². The molecule has 0 fully saturated rings. The van der Waals surface area contributed by atoms with Gasteiger partial charge in [-0.3, -0.25) is 4.79 Å². The number of carbonyl (C=O) groups is 1. The van der Waals surface area contributed by atoms with E-state index in [0.717, 1.165) is 12.2 Å². The number of carboxylic acid groups (broad SMARTS) is 1. The summed E-state index contributed by atoms with van der Waals surface area (Å²) in [6, 6.07) is 8.25. The van der Waals surface area contributed by atoms with Crippen LogP contribution in [-0.4, -0.2) is 29.2 Å². The first-order valence-electron chi connectivity index (χ1n) is 6.46. The zero-order valence-corrected chi connectivity index (χ0v) is 11.6. The van der Waals surface area contributed by atoms with Gasteiger partial charge in [-0.2, -0.15) is 0 Å². The van der Waals surface area contributed by atoms with Crippen LogP contribution in [-0.2, 0) is 11.8 Å². The van der Waals surface area contributed by atoms with Crippen molar-refractivity contribution < 1.29 is 9.90 Å². The number of aliphatic carboxylic acids is 1. The van der Waals surface area contributed by atoms with Crippen LogP contribution in [0.5, 0.6) is 0 Å². The number of hydrogen-bond donors (Lipinski definition) is 1. The summed E-state index contributed by atoms with van der Waals surface area (Å²) in [5, 5.41) is 10.0. The molecule has 4 nitrogen and oxygen atoms in total. The number of nitrogens with zero attached hydrogens (tertiary/aromatic N) is 2.